The van der Waals surface area contributed by atoms with Gasteiger partial charge in [-0.05, 0) is 32.0 Å². The lowest BCUT2D eigenvalue weighted by Crippen LogP contribution is -2.36. The molecule has 90 valence electrons. The first-order chi connectivity index (χ1) is 7.77. The first-order valence-corrected chi connectivity index (χ1v) is 6.19. The van der Waals surface area contributed by atoms with Crippen LogP contribution >= 0.6 is 0 Å². The molecule has 0 aliphatic heterocycles. The lowest BCUT2D eigenvalue weighted by molar-refractivity contribution is 0.0769. The van der Waals surface area contributed by atoms with E-state index in [4.69, 9.17) is 4.42 Å². The van der Waals surface area contributed by atoms with Gasteiger partial charge in [-0.3, -0.25) is 0 Å². The number of hydrogen-bond donors (Lipinski definition) is 1. The largest absolute Gasteiger partial charge is 0.467 e. The second-order valence-corrected chi connectivity index (χ2v) is 4.76. The fourth-order valence-electron chi connectivity index (χ4n) is 2.51. The van der Waals surface area contributed by atoms with Crippen LogP contribution in [0.2, 0.25) is 0 Å². The van der Waals surface area contributed by atoms with E-state index in [1.165, 1.54) is 32.1 Å². The summed E-state index contributed by atoms with van der Waals surface area (Å²) in [6.45, 7) is 0.665. The molecule has 3 nitrogen and oxygen atoms in total. The quantitative estimate of drug-likeness (QED) is 0.852. The van der Waals surface area contributed by atoms with Gasteiger partial charge in [0.1, 0.15) is 11.9 Å². The van der Waals surface area contributed by atoms with Crippen LogP contribution in [0.5, 0.6) is 0 Å². The maximum Gasteiger partial charge on any atom is 0.133 e. The smallest absolute Gasteiger partial charge is 0.133 e. The van der Waals surface area contributed by atoms with Crippen LogP contribution in [0.25, 0.3) is 0 Å². The van der Waals surface area contributed by atoms with E-state index in [1.54, 1.807) is 6.26 Å². The molecule has 0 aromatic carbocycles. The molecule has 1 N–H and O–H groups in total. The summed E-state index contributed by atoms with van der Waals surface area (Å²) in [5.74, 6) is 0.669. The Morgan fingerprint density at radius 1 is 1.44 bits per heavy atom. The highest BCUT2D eigenvalue weighted by molar-refractivity contribution is 5.02. The van der Waals surface area contributed by atoms with E-state index in [0.717, 1.165) is 0 Å². The molecule has 1 aromatic rings. The van der Waals surface area contributed by atoms with Crippen molar-refractivity contribution in [2.24, 2.45) is 0 Å². The Morgan fingerprint density at radius 2 is 2.19 bits per heavy atom. The molecule has 1 aromatic heterocycles. The van der Waals surface area contributed by atoms with Gasteiger partial charge in [0.15, 0.2) is 0 Å². The Labute approximate surface area is 97.1 Å². The van der Waals surface area contributed by atoms with E-state index in [-0.39, 0.29) is 0 Å². The molecule has 0 bridgehead atoms. The molecular weight excluding hydrogens is 202 g/mol. The molecule has 0 spiro atoms. The van der Waals surface area contributed by atoms with Crippen molar-refractivity contribution >= 4 is 0 Å². The second kappa shape index (κ2) is 5.51. The van der Waals surface area contributed by atoms with Gasteiger partial charge in [-0.1, -0.05) is 19.3 Å². The zero-order valence-electron chi connectivity index (χ0n) is 9.93. The lowest BCUT2D eigenvalue weighted by atomic mass is 9.94. The molecule has 1 saturated carbocycles. The Morgan fingerprint density at radius 3 is 2.81 bits per heavy atom. The number of likely N-dealkylation sites (N-methyl/N-ethyl adjacent to an activating group) is 1. The van der Waals surface area contributed by atoms with E-state index in [9.17, 15) is 5.11 Å². The predicted molar refractivity (Wildman–Crippen MR) is 63.2 cm³/mol. The standard InChI is InChI=1S/C13H21NO2/c1-14(11-6-3-2-4-7-11)10-12(15)13-8-5-9-16-13/h5,8-9,11-12,15H,2-4,6-7,10H2,1H3. The van der Waals surface area contributed by atoms with Crippen molar-refractivity contribution in [3.05, 3.63) is 24.2 Å². The van der Waals surface area contributed by atoms with Crippen LogP contribution in [0.3, 0.4) is 0 Å². The highest BCUT2D eigenvalue weighted by Crippen LogP contribution is 2.23. The van der Waals surface area contributed by atoms with Crippen LogP contribution in [0.15, 0.2) is 22.8 Å². The van der Waals surface area contributed by atoms with Crippen molar-refractivity contribution in [2.45, 2.75) is 44.2 Å². The van der Waals surface area contributed by atoms with Crippen LogP contribution in [0.1, 0.15) is 44.0 Å². The van der Waals surface area contributed by atoms with Crippen molar-refractivity contribution in [2.75, 3.05) is 13.6 Å². The number of nitrogens with zero attached hydrogens (tertiary/aromatic N) is 1. The normalized spacial score (nSPS) is 20.2. The summed E-state index contributed by atoms with van der Waals surface area (Å²) in [5, 5.41) is 9.98. The molecule has 1 atom stereocenters. The summed E-state index contributed by atoms with van der Waals surface area (Å²) in [4.78, 5) is 2.27. The molecule has 3 heteroatoms. The molecule has 2 rings (SSSR count). The Bertz CT molecular complexity index is 291. The maximum absolute atomic E-state index is 9.98. The van der Waals surface area contributed by atoms with Crippen molar-refractivity contribution in [1.29, 1.82) is 0 Å². The second-order valence-electron chi connectivity index (χ2n) is 4.76. The topological polar surface area (TPSA) is 36.6 Å². The Hall–Kier alpha value is -0.800. The van der Waals surface area contributed by atoms with Crippen LogP contribution in [-0.2, 0) is 0 Å². The molecule has 1 unspecified atom stereocenters. The van der Waals surface area contributed by atoms with Gasteiger partial charge < -0.3 is 14.4 Å². The zero-order valence-corrected chi connectivity index (χ0v) is 9.93. The van der Waals surface area contributed by atoms with Crippen molar-refractivity contribution in [3.63, 3.8) is 0 Å². The van der Waals surface area contributed by atoms with Crippen molar-refractivity contribution < 1.29 is 9.52 Å². The third-order valence-corrected chi connectivity index (χ3v) is 3.53. The molecule has 1 aliphatic rings. The van der Waals surface area contributed by atoms with Gasteiger partial charge >= 0.3 is 0 Å². The summed E-state index contributed by atoms with van der Waals surface area (Å²) >= 11 is 0. The summed E-state index contributed by atoms with van der Waals surface area (Å²) < 4.78 is 5.21. The van der Waals surface area contributed by atoms with Gasteiger partial charge in [0.05, 0.1) is 6.26 Å². The highest BCUT2D eigenvalue weighted by Gasteiger charge is 2.21. The summed E-state index contributed by atoms with van der Waals surface area (Å²) in [6, 6.07) is 4.29. The molecule has 0 radical (unpaired) electrons. The van der Waals surface area contributed by atoms with Crippen LogP contribution in [-0.4, -0.2) is 29.6 Å². The van der Waals surface area contributed by atoms with E-state index in [0.29, 0.717) is 18.3 Å². The number of aliphatic hydroxyl groups excluding tert-OH is 1. The predicted octanol–water partition coefficient (Wildman–Crippen LogP) is 2.58. The highest BCUT2D eigenvalue weighted by atomic mass is 16.4. The monoisotopic (exact) mass is 223 g/mol. The minimum Gasteiger partial charge on any atom is -0.467 e. The number of furan rings is 1. The first kappa shape index (κ1) is 11.7. The van der Waals surface area contributed by atoms with Gasteiger partial charge in [-0.15, -0.1) is 0 Å². The number of hydrogen-bond acceptors (Lipinski definition) is 3. The minimum atomic E-state index is -0.498. The molecule has 0 saturated heterocycles. The zero-order chi connectivity index (χ0) is 11.4. The molecule has 16 heavy (non-hydrogen) atoms. The first-order valence-electron chi connectivity index (χ1n) is 6.19. The Kier molecular flexibility index (Phi) is 4.02. The average molecular weight is 223 g/mol. The van der Waals surface area contributed by atoms with Gasteiger partial charge in [-0.2, -0.15) is 0 Å². The minimum absolute atomic E-state index is 0.498. The average Bonchev–Trinajstić information content (AvgIpc) is 2.83. The van der Waals surface area contributed by atoms with Crippen molar-refractivity contribution in [3.8, 4) is 0 Å². The van der Waals surface area contributed by atoms with E-state index in [2.05, 4.69) is 11.9 Å². The number of rotatable bonds is 4. The fraction of sp³-hybridized carbons (Fsp3) is 0.692. The molecule has 1 heterocycles. The molecule has 1 fully saturated rings. The number of aliphatic hydroxyl groups is 1. The van der Waals surface area contributed by atoms with Crippen LogP contribution in [0.4, 0.5) is 0 Å². The third kappa shape index (κ3) is 2.86. The van der Waals surface area contributed by atoms with E-state index < -0.39 is 6.10 Å². The SMILES string of the molecule is CN(CC(O)c1ccco1)C1CCCCC1. The van der Waals surface area contributed by atoms with E-state index in [1.807, 2.05) is 12.1 Å². The van der Waals surface area contributed by atoms with Gasteiger partial charge in [0, 0.05) is 12.6 Å². The van der Waals surface area contributed by atoms with Crippen LogP contribution in [0, 0.1) is 0 Å². The molecule has 0 amide bonds. The third-order valence-electron chi connectivity index (χ3n) is 3.53. The van der Waals surface area contributed by atoms with Crippen LogP contribution < -0.4 is 0 Å². The summed E-state index contributed by atoms with van der Waals surface area (Å²) in [5.41, 5.74) is 0. The summed E-state index contributed by atoms with van der Waals surface area (Å²) in [6.07, 6.45) is 7.66. The van der Waals surface area contributed by atoms with Crippen molar-refractivity contribution in [1.82, 2.24) is 4.90 Å². The maximum atomic E-state index is 9.98. The van der Waals surface area contributed by atoms with Gasteiger partial charge in [0.2, 0.25) is 0 Å². The molecule has 1 aliphatic carbocycles. The fourth-order valence-corrected chi connectivity index (χ4v) is 2.51. The van der Waals surface area contributed by atoms with Gasteiger partial charge in [-0.25, -0.2) is 0 Å². The van der Waals surface area contributed by atoms with Gasteiger partial charge in [0.25, 0.3) is 0 Å². The lowest BCUT2D eigenvalue weighted by Gasteiger charge is -2.32. The van der Waals surface area contributed by atoms with E-state index >= 15 is 0 Å². The molecular formula is C13H21NO2. The Balaban J connectivity index is 1.84. The summed E-state index contributed by atoms with van der Waals surface area (Å²) in [7, 11) is 2.10.